The van der Waals surface area contributed by atoms with Crippen molar-refractivity contribution in [3.63, 3.8) is 0 Å². The lowest BCUT2D eigenvalue weighted by Gasteiger charge is -2.37. The molecular formula is C20H26N2O5. The van der Waals surface area contributed by atoms with Crippen LogP contribution >= 0.6 is 0 Å². The Labute approximate surface area is 158 Å². The highest BCUT2D eigenvalue weighted by Gasteiger charge is 2.51. The topological polar surface area (TPSA) is 77.1 Å². The molecule has 0 aromatic heterocycles. The summed E-state index contributed by atoms with van der Waals surface area (Å²) in [6, 6.07) is 7.58. The van der Waals surface area contributed by atoms with Crippen molar-refractivity contribution in [2.45, 2.75) is 31.6 Å². The molecule has 2 atom stereocenters. The van der Waals surface area contributed by atoms with E-state index in [9.17, 15) is 9.59 Å². The van der Waals surface area contributed by atoms with Gasteiger partial charge in [0.25, 0.3) is 0 Å². The quantitative estimate of drug-likeness (QED) is 0.841. The molecule has 7 nitrogen and oxygen atoms in total. The summed E-state index contributed by atoms with van der Waals surface area (Å²) in [5, 5.41) is 2.94. The average molecular weight is 374 g/mol. The molecule has 0 radical (unpaired) electrons. The van der Waals surface area contributed by atoms with E-state index < -0.39 is 5.79 Å². The minimum absolute atomic E-state index is 0.0416. The van der Waals surface area contributed by atoms with E-state index in [2.05, 4.69) is 5.32 Å². The number of nitrogens with one attached hydrogen (secondary N) is 1. The molecule has 146 valence electrons. The van der Waals surface area contributed by atoms with E-state index in [0.29, 0.717) is 52.1 Å². The SMILES string of the molecule is COc1ccc(CNC(=O)C2CC2C(=O)N2CCC3(CC2)OCCO3)cc1. The van der Waals surface area contributed by atoms with Gasteiger partial charge in [0.1, 0.15) is 5.75 Å². The summed E-state index contributed by atoms with van der Waals surface area (Å²) in [4.78, 5) is 26.9. The molecule has 27 heavy (non-hydrogen) atoms. The van der Waals surface area contributed by atoms with Crippen molar-refractivity contribution in [3.05, 3.63) is 29.8 Å². The Bertz CT molecular complexity index is 689. The number of carbonyl (C=O) groups is 2. The maximum absolute atomic E-state index is 12.7. The van der Waals surface area contributed by atoms with Crippen LogP contribution in [0, 0.1) is 11.8 Å². The second-order valence-corrected chi connectivity index (χ2v) is 7.45. The first-order valence-corrected chi connectivity index (χ1v) is 9.58. The van der Waals surface area contributed by atoms with Crippen LogP contribution in [0.2, 0.25) is 0 Å². The summed E-state index contributed by atoms with van der Waals surface area (Å²) in [5.74, 6) is -0.0247. The molecule has 2 saturated heterocycles. The number of nitrogens with zero attached hydrogens (tertiary/aromatic N) is 1. The molecule has 1 N–H and O–H groups in total. The van der Waals surface area contributed by atoms with E-state index in [0.717, 1.165) is 11.3 Å². The van der Waals surface area contributed by atoms with Crippen molar-refractivity contribution in [1.82, 2.24) is 10.2 Å². The van der Waals surface area contributed by atoms with Crippen LogP contribution in [0.4, 0.5) is 0 Å². The molecule has 3 aliphatic rings. The van der Waals surface area contributed by atoms with Crippen LogP contribution in [-0.4, -0.2) is 55.9 Å². The third kappa shape index (κ3) is 3.94. The van der Waals surface area contributed by atoms with Crippen LogP contribution < -0.4 is 10.1 Å². The minimum atomic E-state index is -0.477. The number of hydrogen-bond acceptors (Lipinski definition) is 5. The Morgan fingerprint density at radius 3 is 2.44 bits per heavy atom. The minimum Gasteiger partial charge on any atom is -0.497 e. The summed E-state index contributed by atoms with van der Waals surface area (Å²) in [7, 11) is 1.62. The first-order valence-electron chi connectivity index (χ1n) is 9.58. The third-order valence-corrected chi connectivity index (χ3v) is 5.72. The highest BCUT2D eigenvalue weighted by Crippen LogP contribution is 2.41. The summed E-state index contributed by atoms with van der Waals surface area (Å²) in [6.07, 6.45) is 2.06. The van der Waals surface area contributed by atoms with Gasteiger partial charge >= 0.3 is 0 Å². The molecule has 2 amide bonds. The summed E-state index contributed by atoms with van der Waals surface area (Å²) < 4.78 is 16.5. The average Bonchev–Trinajstić information content (AvgIpc) is 3.40. The molecular weight excluding hydrogens is 348 g/mol. The normalized spacial score (nSPS) is 26.0. The van der Waals surface area contributed by atoms with Gasteiger partial charge in [0.15, 0.2) is 5.79 Å². The first-order chi connectivity index (χ1) is 13.1. The van der Waals surface area contributed by atoms with Gasteiger partial charge in [0.05, 0.1) is 32.2 Å². The molecule has 1 aliphatic carbocycles. The van der Waals surface area contributed by atoms with Gasteiger partial charge < -0.3 is 24.4 Å². The number of ether oxygens (including phenoxy) is 3. The lowest BCUT2D eigenvalue weighted by molar-refractivity contribution is -0.187. The Hall–Kier alpha value is -2.12. The summed E-state index contributed by atoms with van der Waals surface area (Å²) in [5.41, 5.74) is 1.01. The second-order valence-electron chi connectivity index (χ2n) is 7.45. The van der Waals surface area contributed by atoms with E-state index in [1.54, 1.807) is 7.11 Å². The van der Waals surface area contributed by atoms with Crippen molar-refractivity contribution in [2.24, 2.45) is 11.8 Å². The number of hydrogen-bond donors (Lipinski definition) is 1. The van der Waals surface area contributed by atoms with Gasteiger partial charge in [-0.25, -0.2) is 0 Å². The Balaban J connectivity index is 1.22. The molecule has 1 aromatic carbocycles. The van der Waals surface area contributed by atoms with Crippen molar-refractivity contribution < 1.29 is 23.8 Å². The van der Waals surface area contributed by atoms with E-state index in [-0.39, 0.29) is 23.7 Å². The fraction of sp³-hybridized carbons (Fsp3) is 0.600. The van der Waals surface area contributed by atoms with Gasteiger partial charge in [0, 0.05) is 32.5 Å². The molecule has 3 fully saturated rings. The zero-order chi connectivity index (χ0) is 18.9. The van der Waals surface area contributed by atoms with Crippen molar-refractivity contribution in [1.29, 1.82) is 0 Å². The molecule has 7 heteroatoms. The van der Waals surface area contributed by atoms with E-state index >= 15 is 0 Å². The molecule has 1 aromatic rings. The largest absolute Gasteiger partial charge is 0.497 e. The molecule has 1 saturated carbocycles. The van der Waals surface area contributed by atoms with Gasteiger partial charge in [-0.2, -0.15) is 0 Å². The lowest BCUT2D eigenvalue weighted by Crippen LogP contribution is -2.48. The van der Waals surface area contributed by atoms with Gasteiger partial charge in [-0.15, -0.1) is 0 Å². The van der Waals surface area contributed by atoms with E-state index in [1.807, 2.05) is 29.2 Å². The van der Waals surface area contributed by atoms with Crippen LogP contribution in [0.1, 0.15) is 24.8 Å². The monoisotopic (exact) mass is 374 g/mol. The van der Waals surface area contributed by atoms with Gasteiger partial charge in [-0.05, 0) is 24.1 Å². The van der Waals surface area contributed by atoms with Crippen molar-refractivity contribution in [3.8, 4) is 5.75 Å². The maximum Gasteiger partial charge on any atom is 0.226 e. The Morgan fingerprint density at radius 1 is 1.15 bits per heavy atom. The molecule has 2 aliphatic heterocycles. The Kier molecular flexibility index (Phi) is 5.06. The van der Waals surface area contributed by atoms with E-state index in [4.69, 9.17) is 14.2 Å². The van der Waals surface area contributed by atoms with Crippen LogP contribution in [0.25, 0.3) is 0 Å². The second kappa shape index (κ2) is 7.48. The standard InChI is InChI=1S/C20H26N2O5/c1-25-15-4-2-14(3-5-15)13-21-18(23)16-12-17(16)19(24)22-8-6-20(7-9-22)26-10-11-27-20/h2-5,16-17H,6-13H2,1H3,(H,21,23). The fourth-order valence-electron chi connectivity index (χ4n) is 3.91. The summed E-state index contributed by atoms with van der Waals surface area (Å²) in [6.45, 7) is 2.99. The zero-order valence-electron chi connectivity index (χ0n) is 15.6. The van der Waals surface area contributed by atoms with Crippen molar-refractivity contribution >= 4 is 11.8 Å². The van der Waals surface area contributed by atoms with Crippen LogP contribution in [-0.2, 0) is 25.6 Å². The number of piperidine rings is 1. The first kappa shape index (κ1) is 18.3. The van der Waals surface area contributed by atoms with Gasteiger partial charge in [0.2, 0.25) is 11.8 Å². The molecule has 4 rings (SSSR count). The Morgan fingerprint density at radius 2 is 1.81 bits per heavy atom. The number of likely N-dealkylation sites (tertiary alicyclic amines) is 1. The molecule has 1 spiro atoms. The maximum atomic E-state index is 12.7. The predicted molar refractivity (Wildman–Crippen MR) is 96.9 cm³/mol. The number of methoxy groups -OCH3 is 1. The number of carbonyl (C=O) groups excluding carboxylic acids is 2. The summed E-state index contributed by atoms with van der Waals surface area (Å²) >= 11 is 0. The van der Waals surface area contributed by atoms with Gasteiger partial charge in [-0.1, -0.05) is 12.1 Å². The number of benzene rings is 1. The predicted octanol–water partition coefficient (Wildman–Crippen LogP) is 1.31. The fourth-order valence-corrected chi connectivity index (χ4v) is 3.91. The van der Waals surface area contributed by atoms with Crippen LogP contribution in [0.3, 0.4) is 0 Å². The van der Waals surface area contributed by atoms with Crippen LogP contribution in [0.15, 0.2) is 24.3 Å². The highest BCUT2D eigenvalue weighted by atomic mass is 16.7. The molecule has 2 heterocycles. The number of rotatable bonds is 5. The molecule has 0 bridgehead atoms. The zero-order valence-corrected chi connectivity index (χ0v) is 15.6. The van der Waals surface area contributed by atoms with Crippen LogP contribution in [0.5, 0.6) is 5.75 Å². The number of amides is 2. The van der Waals surface area contributed by atoms with Gasteiger partial charge in [-0.3, -0.25) is 9.59 Å². The van der Waals surface area contributed by atoms with Crippen molar-refractivity contribution in [2.75, 3.05) is 33.4 Å². The molecule has 2 unspecified atom stereocenters. The van der Waals surface area contributed by atoms with E-state index in [1.165, 1.54) is 0 Å². The smallest absolute Gasteiger partial charge is 0.226 e. The lowest BCUT2D eigenvalue weighted by atomic mass is 10.0. The highest BCUT2D eigenvalue weighted by molar-refractivity contribution is 5.92. The third-order valence-electron chi connectivity index (χ3n) is 5.72.